The molecular formula is C31H32IN3O6. The van der Waals surface area contributed by atoms with Crippen LogP contribution in [-0.2, 0) is 19.1 Å². The van der Waals surface area contributed by atoms with Gasteiger partial charge in [-0.3, -0.25) is 9.59 Å². The van der Waals surface area contributed by atoms with Gasteiger partial charge in [0, 0.05) is 28.1 Å². The minimum Gasteiger partial charge on any atom is -0.465 e. The summed E-state index contributed by atoms with van der Waals surface area (Å²) in [6.45, 7) is 3.88. The Bertz CT molecular complexity index is 1410. The summed E-state index contributed by atoms with van der Waals surface area (Å²) in [5, 5.41) is 8.15. The van der Waals surface area contributed by atoms with Gasteiger partial charge in [0.25, 0.3) is 0 Å². The third-order valence-electron chi connectivity index (χ3n) is 6.89. The minimum atomic E-state index is -0.789. The summed E-state index contributed by atoms with van der Waals surface area (Å²) in [7, 11) is 1.30. The van der Waals surface area contributed by atoms with Crippen molar-refractivity contribution in [2.75, 3.05) is 25.6 Å². The smallest absolute Gasteiger partial charge is 0.407 e. The molecule has 214 valence electrons. The zero-order chi connectivity index (χ0) is 29.5. The van der Waals surface area contributed by atoms with E-state index in [0.29, 0.717) is 14.8 Å². The highest BCUT2D eigenvalue weighted by atomic mass is 127. The van der Waals surface area contributed by atoms with Crippen LogP contribution in [0.4, 0.5) is 10.5 Å². The van der Waals surface area contributed by atoms with Gasteiger partial charge in [0.05, 0.1) is 12.7 Å². The predicted molar refractivity (Wildman–Crippen MR) is 164 cm³/mol. The second-order valence-electron chi connectivity index (χ2n) is 9.98. The van der Waals surface area contributed by atoms with E-state index in [1.54, 1.807) is 25.1 Å². The third kappa shape index (κ3) is 7.43. The average Bonchev–Trinajstić information content (AvgIpc) is 3.28. The summed E-state index contributed by atoms with van der Waals surface area (Å²) in [6, 6.07) is 20.3. The summed E-state index contributed by atoms with van der Waals surface area (Å²) in [5.41, 5.74) is 5.48. The number of carbonyl (C=O) groups is 4. The van der Waals surface area contributed by atoms with Gasteiger partial charge in [0.15, 0.2) is 0 Å². The van der Waals surface area contributed by atoms with Gasteiger partial charge >= 0.3 is 12.1 Å². The lowest BCUT2D eigenvalue weighted by molar-refractivity contribution is -0.126. The van der Waals surface area contributed by atoms with Crippen LogP contribution in [0.25, 0.3) is 11.1 Å². The fourth-order valence-corrected chi connectivity index (χ4v) is 5.52. The van der Waals surface area contributed by atoms with E-state index < -0.39 is 24.0 Å². The quantitative estimate of drug-likeness (QED) is 0.204. The summed E-state index contributed by atoms with van der Waals surface area (Å²) < 4.78 is 10.9. The van der Waals surface area contributed by atoms with E-state index in [0.717, 1.165) is 22.3 Å². The number of methoxy groups -OCH3 is 1. The summed E-state index contributed by atoms with van der Waals surface area (Å²) >= 11 is 1.99. The van der Waals surface area contributed by atoms with Gasteiger partial charge in [-0.1, -0.05) is 55.5 Å². The molecule has 3 aromatic rings. The van der Waals surface area contributed by atoms with Gasteiger partial charge in [-0.2, -0.15) is 0 Å². The number of ether oxygens (including phenoxy) is 2. The van der Waals surface area contributed by atoms with Crippen LogP contribution in [-0.4, -0.2) is 50.2 Å². The molecule has 2 atom stereocenters. The minimum absolute atomic E-state index is 0.0294. The van der Waals surface area contributed by atoms with Crippen LogP contribution in [0.5, 0.6) is 0 Å². The Labute approximate surface area is 252 Å². The van der Waals surface area contributed by atoms with Crippen molar-refractivity contribution in [2.45, 2.75) is 32.2 Å². The van der Waals surface area contributed by atoms with Crippen molar-refractivity contribution < 1.29 is 28.7 Å². The van der Waals surface area contributed by atoms with Crippen LogP contribution >= 0.6 is 22.6 Å². The lowest BCUT2D eigenvalue weighted by Crippen LogP contribution is -2.42. The fourth-order valence-electron chi connectivity index (χ4n) is 4.78. The first-order valence-corrected chi connectivity index (χ1v) is 14.3. The van der Waals surface area contributed by atoms with E-state index in [4.69, 9.17) is 9.47 Å². The molecule has 0 fully saturated rings. The van der Waals surface area contributed by atoms with E-state index in [1.165, 1.54) is 7.11 Å². The molecule has 3 N–H and O–H groups in total. The van der Waals surface area contributed by atoms with Crippen LogP contribution in [0.15, 0.2) is 66.7 Å². The second-order valence-corrected chi connectivity index (χ2v) is 11.1. The Hall–Kier alpha value is -3.93. The number of esters is 1. The van der Waals surface area contributed by atoms with Crippen LogP contribution in [0, 0.1) is 9.49 Å². The second kappa shape index (κ2) is 13.6. The van der Waals surface area contributed by atoms with E-state index in [-0.39, 0.29) is 37.3 Å². The maximum Gasteiger partial charge on any atom is 0.407 e. The highest BCUT2D eigenvalue weighted by Gasteiger charge is 2.29. The van der Waals surface area contributed by atoms with Gasteiger partial charge in [0.1, 0.15) is 12.6 Å². The van der Waals surface area contributed by atoms with Crippen LogP contribution in [0.2, 0.25) is 0 Å². The predicted octanol–water partition coefficient (Wildman–Crippen LogP) is 5.09. The number of hydrogen-bond donors (Lipinski definition) is 3. The number of carbonyl (C=O) groups excluding carboxylic acids is 4. The van der Waals surface area contributed by atoms with Crippen molar-refractivity contribution in [1.29, 1.82) is 0 Å². The number of anilines is 1. The first-order valence-electron chi connectivity index (χ1n) is 13.2. The maximum absolute atomic E-state index is 12.6. The van der Waals surface area contributed by atoms with Crippen molar-refractivity contribution >= 4 is 52.2 Å². The van der Waals surface area contributed by atoms with Gasteiger partial charge in [-0.15, -0.1) is 0 Å². The Morgan fingerprint density at radius 2 is 1.56 bits per heavy atom. The number of benzene rings is 3. The number of amides is 3. The molecule has 3 amide bonds. The van der Waals surface area contributed by atoms with E-state index >= 15 is 0 Å². The molecule has 10 heteroatoms. The van der Waals surface area contributed by atoms with E-state index in [2.05, 4.69) is 40.2 Å². The average molecular weight is 670 g/mol. The molecule has 0 heterocycles. The topological polar surface area (TPSA) is 123 Å². The normalized spacial score (nSPS) is 13.3. The Morgan fingerprint density at radius 1 is 0.927 bits per heavy atom. The molecule has 0 spiro atoms. The molecule has 1 aliphatic carbocycles. The van der Waals surface area contributed by atoms with Gasteiger partial charge in [-0.05, 0) is 75.9 Å². The molecule has 0 radical (unpaired) electrons. The zero-order valence-corrected chi connectivity index (χ0v) is 25.2. The molecule has 1 unspecified atom stereocenters. The van der Waals surface area contributed by atoms with Crippen molar-refractivity contribution in [2.24, 2.45) is 5.92 Å². The number of fused-ring (bicyclic) bond motifs is 3. The third-order valence-corrected chi connectivity index (χ3v) is 7.78. The molecule has 0 saturated carbocycles. The van der Waals surface area contributed by atoms with Crippen LogP contribution < -0.4 is 16.0 Å². The number of nitrogens with one attached hydrogen (secondary N) is 3. The number of halogens is 1. The van der Waals surface area contributed by atoms with Crippen molar-refractivity contribution in [3.63, 3.8) is 0 Å². The molecule has 4 rings (SSSR count). The maximum atomic E-state index is 12.6. The summed E-state index contributed by atoms with van der Waals surface area (Å²) in [6.07, 6.45) is -0.424. The van der Waals surface area contributed by atoms with Crippen molar-refractivity contribution in [3.8, 4) is 11.1 Å². The molecule has 0 aliphatic heterocycles. The first kappa shape index (κ1) is 30.0. The lowest BCUT2D eigenvalue weighted by atomic mass is 9.98. The number of hydrogen-bond acceptors (Lipinski definition) is 6. The zero-order valence-electron chi connectivity index (χ0n) is 23.0. The number of alkyl carbamates (subject to hydrolysis) is 1. The van der Waals surface area contributed by atoms with Crippen molar-refractivity contribution in [3.05, 3.63) is 87.0 Å². The fraction of sp³-hybridized carbons (Fsp3) is 0.290. The van der Waals surface area contributed by atoms with Crippen LogP contribution in [0.3, 0.4) is 0 Å². The molecule has 1 aliphatic rings. The highest BCUT2D eigenvalue weighted by Crippen LogP contribution is 2.44. The van der Waals surface area contributed by atoms with Gasteiger partial charge < -0.3 is 25.4 Å². The molecule has 41 heavy (non-hydrogen) atoms. The molecule has 0 saturated heterocycles. The largest absolute Gasteiger partial charge is 0.465 e. The standard InChI is InChI=1S/C31H32IN3O6/c1-18(14-28(36)34-19(2)29(37)35-20-12-13-25(27(32)15-20)30(38)40-3)16-33-31(39)41-17-26-23-10-6-4-8-21(23)22-9-5-7-11-24(22)26/h4-13,15,18-19,26H,14,16-17H2,1-3H3,(H,33,39)(H,34,36)(H,35,37)/t18?,19-/m0/s1. The van der Waals surface area contributed by atoms with Crippen LogP contribution in [0.1, 0.15) is 47.7 Å². The first-order chi connectivity index (χ1) is 19.7. The summed E-state index contributed by atoms with van der Waals surface area (Å²) in [4.78, 5) is 49.3. The van der Waals surface area contributed by atoms with E-state index in [9.17, 15) is 19.2 Å². The van der Waals surface area contributed by atoms with Gasteiger partial charge in [-0.25, -0.2) is 9.59 Å². The highest BCUT2D eigenvalue weighted by molar-refractivity contribution is 14.1. The SMILES string of the molecule is COC(=O)c1ccc(NC(=O)[C@H](C)NC(=O)CC(C)CNC(=O)OCC2c3ccccc3-c3ccccc32)cc1I. The molecular weight excluding hydrogens is 637 g/mol. The number of rotatable bonds is 10. The van der Waals surface area contributed by atoms with Gasteiger partial charge in [0.2, 0.25) is 11.8 Å². The molecule has 0 aromatic heterocycles. The van der Waals surface area contributed by atoms with Crippen molar-refractivity contribution in [1.82, 2.24) is 10.6 Å². The molecule has 9 nitrogen and oxygen atoms in total. The van der Waals surface area contributed by atoms with E-state index in [1.807, 2.05) is 53.8 Å². The Kier molecular flexibility index (Phi) is 9.98. The molecule has 0 bridgehead atoms. The Balaban J connectivity index is 1.19. The Morgan fingerprint density at radius 3 is 2.17 bits per heavy atom. The monoisotopic (exact) mass is 669 g/mol. The molecule has 3 aromatic carbocycles. The lowest BCUT2D eigenvalue weighted by Gasteiger charge is -2.18. The summed E-state index contributed by atoms with van der Waals surface area (Å²) in [5.74, 6) is -1.39.